The SMILES string of the molecule is CCCC/C=C\C/C=C\CCCCCCCC(=O)OCCCCCCCCCCCCCCCCCCCCCCCCCCCCCCCCCCCCCCCC(=O)NC(CO)C(O)/C=C/CCCCCCCCCCCCCCCCCCCCCCC. The number of carbonyl (C=O) groups excluding carboxylic acids is 2. The molecule has 0 aliphatic carbocycles. The van der Waals surface area contributed by atoms with Crippen molar-refractivity contribution in [3.8, 4) is 0 Å². The van der Waals surface area contributed by atoms with Gasteiger partial charge in [0.1, 0.15) is 0 Å². The summed E-state index contributed by atoms with van der Waals surface area (Å²) in [7, 11) is 0. The number of amides is 1. The second-order valence-electron chi connectivity index (χ2n) is 28.8. The van der Waals surface area contributed by atoms with Crippen molar-refractivity contribution in [3.63, 3.8) is 0 Å². The van der Waals surface area contributed by atoms with Crippen molar-refractivity contribution >= 4 is 11.9 Å². The average molecular weight is 1280 g/mol. The normalized spacial score (nSPS) is 12.6. The minimum atomic E-state index is -0.842. The number of carbonyl (C=O) groups is 2. The van der Waals surface area contributed by atoms with Crippen LogP contribution in [0, 0.1) is 0 Å². The summed E-state index contributed by atoms with van der Waals surface area (Å²) in [6.45, 7) is 4.91. The van der Waals surface area contributed by atoms with Crippen molar-refractivity contribution in [1.29, 1.82) is 0 Å². The van der Waals surface area contributed by atoms with E-state index in [-0.39, 0.29) is 18.5 Å². The van der Waals surface area contributed by atoms with Gasteiger partial charge in [-0.3, -0.25) is 9.59 Å². The van der Waals surface area contributed by atoms with Crippen LogP contribution in [0.4, 0.5) is 0 Å². The lowest BCUT2D eigenvalue weighted by molar-refractivity contribution is -0.143. The van der Waals surface area contributed by atoms with Gasteiger partial charge in [0.25, 0.3) is 0 Å². The Kier molecular flexibility index (Phi) is 78.8. The Morgan fingerprint density at radius 3 is 0.868 bits per heavy atom. The smallest absolute Gasteiger partial charge is 0.305 e. The van der Waals surface area contributed by atoms with Crippen molar-refractivity contribution in [2.75, 3.05) is 13.2 Å². The zero-order valence-corrected chi connectivity index (χ0v) is 61.9. The molecule has 2 unspecified atom stereocenters. The molecule has 3 N–H and O–H groups in total. The lowest BCUT2D eigenvalue weighted by Crippen LogP contribution is -2.45. The van der Waals surface area contributed by atoms with Gasteiger partial charge in [0.2, 0.25) is 5.91 Å². The first-order valence-corrected chi connectivity index (χ1v) is 41.8. The molecule has 0 aliphatic rings. The van der Waals surface area contributed by atoms with E-state index in [4.69, 9.17) is 4.74 Å². The van der Waals surface area contributed by atoms with E-state index >= 15 is 0 Å². The summed E-state index contributed by atoms with van der Waals surface area (Å²) < 4.78 is 5.49. The van der Waals surface area contributed by atoms with Crippen molar-refractivity contribution in [2.24, 2.45) is 0 Å². The number of aliphatic hydroxyl groups is 2. The molecule has 6 nitrogen and oxygen atoms in total. The third-order valence-corrected chi connectivity index (χ3v) is 19.7. The molecule has 1 amide bonds. The largest absolute Gasteiger partial charge is 0.466 e. The van der Waals surface area contributed by atoms with Crippen LogP contribution in [-0.4, -0.2) is 47.4 Å². The van der Waals surface area contributed by atoms with Gasteiger partial charge in [-0.25, -0.2) is 0 Å². The van der Waals surface area contributed by atoms with Crippen molar-refractivity contribution < 1.29 is 24.5 Å². The van der Waals surface area contributed by atoms with Crippen LogP contribution in [0.5, 0.6) is 0 Å². The van der Waals surface area contributed by atoms with E-state index in [0.717, 1.165) is 51.4 Å². The maximum Gasteiger partial charge on any atom is 0.305 e. The van der Waals surface area contributed by atoms with Gasteiger partial charge >= 0.3 is 5.97 Å². The number of allylic oxidation sites excluding steroid dienone is 5. The second-order valence-corrected chi connectivity index (χ2v) is 28.8. The molecule has 6 heteroatoms. The minimum absolute atomic E-state index is 0.00916. The quantitative estimate of drug-likeness (QED) is 0.0320. The molecule has 0 aromatic carbocycles. The molecule has 0 fully saturated rings. The number of hydrogen-bond acceptors (Lipinski definition) is 5. The maximum atomic E-state index is 12.6. The molecule has 0 aromatic rings. The highest BCUT2D eigenvalue weighted by Crippen LogP contribution is 2.20. The molecule has 2 atom stereocenters. The summed E-state index contributed by atoms with van der Waals surface area (Å²) in [5.74, 6) is -0.0479. The van der Waals surface area contributed by atoms with Gasteiger partial charge in [0.15, 0.2) is 0 Å². The second kappa shape index (κ2) is 80.5. The Bertz CT molecular complexity index is 1470. The predicted molar refractivity (Wildman–Crippen MR) is 403 cm³/mol. The molecule has 0 saturated carbocycles. The molecular weight excluding hydrogens is 1110 g/mol. The van der Waals surface area contributed by atoms with Crippen LogP contribution in [0.15, 0.2) is 36.5 Å². The van der Waals surface area contributed by atoms with Crippen LogP contribution >= 0.6 is 0 Å². The third-order valence-electron chi connectivity index (χ3n) is 19.7. The van der Waals surface area contributed by atoms with Gasteiger partial charge in [-0.05, 0) is 57.8 Å². The van der Waals surface area contributed by atoms with Gasteiger partial charge in [0.05, 0.1) is 25.4 Å². The number of nitrogens with one attached hydrogen (secondary N) is 1. The fourth-order valence-electron chi connectivity index (χ4n) is 13.3. The number of ether oxygens (including phenoxy) is 1. The van der Waals surface area contributed by atoms with Crippen LogP contribution < -0.4 is 5.32 Å². The lowest BCUT2D eigenvalue weighted by atomic mass is 10.0. The van der Waals surface area contributed by atoms with Crippen LogP contribution in [0.25, 0.3) is 0 Å². The number of esters is 1. The number of aliphatic hydroxyl groups excluding tert-OH is 2. The van der Waals surface area contributed by atoms with Crippen molar-refractivity contribution in [3.05, 3.63) is 36.5 Å². The topological polar surface area (TPSA) is 95.9 Å². The predicted octanol–water partition coefficient (Wildman–Crippen LogP) is 27.8. The minimum Gasteiger partial charge on any atom is -0.466 e. The standard InChI is InChI=1S/C85H163NO5/c1-3-5-7-9-11-13-15-17-19-20-21-22-38-41-44-47-50-53-57-61-65-69-73-77-83(88)82(81-87)86-84(89)78-74-70-66-62-58-54-51-48-45-42-39-36-34-32-30-28-26-24-23-25-27-29-31-33-35-37-40-43-46-49-52-56-60-64-68-72-76-80-91-85(90)79-75-71-67-63-59-55-18-16-14-12-10-8-6-4-2/h10,12,16,18,73,77,82-83,87-88H,3-9,11,13-15,17,19-72,74-76,78-81H2,1-2H3,(H,86,89)/b12-10-,18-16-,77-73+. The monoisotopic (exact) mass is 1280 g/mol. The molecule has 0 aromatic heterocycles. The van der Waals surface area contributed by atoms with E-state index in [1.165, 1.54) is 392 Å². The average Bonchev–Trinajstić information content (AvgIpc) is 3.66. The number of hydrogen-bond donors (Lipinski definition) is 3. The van der Waals surface area contributed by atoms with E-state index in [1.54, 1.807) is 6.08 Å². The first-order chi connectivity index (χ1) is 45.0. The van der Waals surface area contributed by atoms with Crippen molar-refractivity contribution in [2.45, 2.75) is 482 Å². The van der Waals surface area contributed by atoms with Crippen molar-refractivity contribution in [1.82, 2.24) is 5.32 Å². The fraction of sp³-hybridized carbons (Fsp3) is 0.906. The zero-order valence-electron chi connectivity index (χ0n) is 61.9. The summed E-state index contributed by atoms with van der Waals surface area (Å²) in [5, 5.41) is 23.3. The van der Waals surface area contributed by atoms with E-state index in [9.17, 15) is 19.8 Å². The summed E-state index contributed by atoms with van der Waals surface area (Å²) in [5.41, 5.74) is 0. The van der Waals surface area contributed by atoms with E-state index in [2.05, 4.69) is 43.5 Å². The van der Waals surface area contributed by atoms with E-state index in [1.807, 2.05) is 6.08 Å². The Morgan fingerprint density at radius 1 is 0.308 bits per heavy atom. The molecule has 0 aliphatic heterocycles. The highest BCUT2D eigenvalue weighted by molar-refractivity contribution is 5.76. The third kappa shape index (κ3) is 77.0. The van der Waals surface area contributed by atoms with Crippen LogP contribution in [0.1, 0.15) is 470 Å². The summed E-state index contributed by atoms with van der Waals surface area (Å²) in [4.78, 5) is 24.6. The fourth-order valence-corrected chi connectivity index (χ4v) is 13.3. The van der Waals surface area contributed by atoms with Crippen LogP contribution in [0.3, 0.4) is 0 Å². The highest BCUT2D eigenvalue weighted by atomic mass is 16.5. The molecule has 538 valence electrons. The first kappa shape index (κ1) is 89.1. The summed E-state index contributed by atoms with van der Waals surface area (Å²) in [6, 6.07) is -0.625. The lowest BCUT2D eigenvalue weighted by Gasteiger charge is -2.20. The maximum absolute atomic E-state index is 12.6. The Balaban J connectivity index is 3.33. The molecular formula is C85H163NO5. The molecule has 0 rings (SSSR count). The molecule has 0 radical (unpaired) electrons. The molecule has 0 saturated heterocycles. The van der Waals surface area contributed by atoms with Gasteiger partial charge in [-0.2, -0.15) is 0 Å². The Labute approximate surface area is 570 Å². The van der Waals surface area contributed by atoms with Gasteiger partial charge in [-0.1, -0.05) is 436 Å². The van der Waals surface area contributed by atoms with Gasteiger partial charge < -0.3 is 20.3 Å². The summed E-state index contributed by atoms with van der Waals surface area (Å²) >= 11 is 0. The molecule has 0 spiro atoms. The Hall–Kier alpha value is -1.92. The summed E-state index contributed by atoms with van der Waals surface area (Å²) in [6.07, 6.45) is 106. The highest BCUT2D eigenvalue weighted by Gasteiger charge is 2.18. The van der Waals surface area contributed by atoms with Crippen LogP contribution in [-0.2, 0) is 14.3 Å². The molecule has 0 bridgehead atoms. The first-order valence-electron chi connectivity index (χ1n) is 41.8. The molecule has 0 heterocycles. The zero-order chi connectivity index (χ0) is 65.6. The van der Waals surface area contributed by atoms with E-state index in [0.29, 0.717) is 19.4 Å². The van der Waals surface area contributed by atoms with E-state index < -0.39 is 12.1 Å². The Morgan fingerprint density at radius 2 is 0.560 bits per heavy atom. The van der Waals surface area contributed by atoms with Gasteiger partial charge in [-0.15, -0.1) is 0 Å². The van der Waals surface area contributed by atoms with Gasteiger partial charge in [0, 0.05) is 12.8 Å². The molecule has 91 heavy (non-hydrogen) atoms. The number of rotatable bonds is 79. The number of unbranched alkanes of at least 4 members (excludes halogenated alkanes) is 64. The van der Waals surface area contributed by atoms with Crippen LogP contribution in [0.2, 0.25) is 0 Å².